The van der Waals surface area contributed by atoms with E-state index < -0.39 is 0 Å². The van der Waals surface area contributed by atoms with Gasteiger partial charge in [-0.05, 0) is 32.3 Å². The second kappa shape index (κ2) is 22.1. The van der Waals surface area contributed by atoms with Crippen LogP contribution in [0.25, 0.3) is 32.3 Å². The molecule has 0 aliphatic rings. The van der Waals surface area contributed by atoms with Crippen LogP contribution in [0.3, 0.4) is 0 Å². The van der Waals surface area contributed by atoms with Gasteiger partial charge in [0.1, 0.15) is 0 Å². The molecule has 0 atom stereocenters. The van der Waals surface area contributed by atoms with Gasteiger partial charge < -0.3 is 0 Å². The standard InChI is InChI=1S/C14H10.C10H8.C6H6.3C3H8/c1-3-7-13-11(5-1)9-10-12-6-2-4-8-14(12)13;1-2-6-10-8-4-3-7-9(10)5-1;1-2-4-6-5-3-1;3*1-3-2/h1-10H;1-8H;1-6H;3*3H2,1-2H3. The Kier molecular flexibility index (Phi) is 18.8. The van der Waals surface area contributed by atoms with E-state index in [1.807, 2.05) is 36.4 Å². The van der Waals surface area contributed by atoms with Crippen molar-refractivity contribution >= 4 is 32.3 Å². The summed E-state index contributed by atoms with van der Waals surface area (Å²) < 4.78 is 0. The minimum Gasteiger partial charge on any atom is -0.0656 e. The fourth-order valence-electron chi connectivity index (χ4n) is 3.47. The first-order valence-electron chi connectivity index (χ1n) is 14.5. The fraction of sp³-hybridized carbons (Fsp3) is 0.231. The number of hydrogen-bond acceptors (Lipinski definition) is 0. The second-order valence-electron chi connectivity index (χ2n) is 9.13. The predicted molar refractivity (Wildman–Crippen MR) is 180 cm³/mol. The first-order valence-corrected chi connectivity index (χ1v) is 14.5. The zero-order valence-corrected chi connectivity index (χ0v) is 25.0. The summed E-state index contributed by atoms with van der Waals surface area (Å²) in [5, 5.41) is 7.92. The molecule has 6 aromatic carbocycles. The summed E-state index contributed by atoms with van der Waals surface area (Å²) in [6.45, 7) is 12.8. The minimum atomic E-state index is 1.25. The first kappa shape index (κ1) is 33.1. The van der Waals surface area contributed by atoms with Crippen molar-refractivity contribution in [1.82, 2.24) is 0 Å². The van der Waals surface area contributed by atoms with Crippen LogP contribution in [0.4, 0.5) is 0 Å². The number of fused-ring (bicyclic) bond motifs is 4. The van der Waals surface area contributed by atoms with E-state index in [4.69, 9.17) is 0 Å². The van der Waals surface area contributed by atoms with E-state index in [-0.39, 0.29) is 0 Å². The lowest BCUT2D eigenvalue weighted by Crippen LogP contribution is -1.75. The zero-order chi connectivity index (χ0) is 28.6. The third-order valence-corrected chi connectivity index (χ3v) is 4.98. The molecule has 0 aliphatic heterocycles. The van der Waals surface area contributed by atoms with Crippen LogP contribution in [0, 0.1) is 0 Å². The third kappa shape index (κ3) is 13.5. The average Bonchev–Trinajstić information content (AvgIpc) is 3.00. The molecule has 0 heteroatoms. The van der Waals surface area contributed by atoms with Crippen molar-refractivity contribution < 1.29 is 0 Å². The van der Waals surface area contributed by atoms with Crippen LogP contribution in [-0.4, -0.2) is 0 Å². The van der Waals surface area contributed by atoms with Crippen molar-refractivity contribution in [2.24, 2.45) is 0 Å². The van der Waals surface area contributed by atoms with Crippen LogP contribution in [-0.2, 0) is 0 Å². The minimum absolute atomic E-state index is 1.25. The molecular formula is C39H48. The van der Waals surface area contributed by atoms with Gasteiger partial charge in [-0.3, -0.25) is 0 Å². The van der Waals surface area contributed by atoms with Crippen molar-refractivity contribution in [2.45, 2.75) is 60.8 Å². The molecule has 0 amide bonds. The van der Waals surface area contributed by atoms with Gasteiger partial charge in [-0.25, -0.2) is 0 Å². The van der Waals surface area contributed by atoms with Gasteiger partial charge in [0.25, 0.3) is 0 Å². The summed E-state index contributed by atoms with van der Waals surface area (Å²) >= 11 is 0. The molecule has 39 heavy (non-hydrogen) atoms. The van der Waals surface area contributed by atoms with E-state index in [0.717, 1.165) is 0 Å². The van der Waals surface area contributed by atoms with Crippen molar-refractivity contribution in [3.8, 4) is 0 Å². The van der Waals surface area contributed by atoms with Crippen molar-refractivity contribution in [1.29, 1.82) is 0 Å². The van der Waals surface area contributed by atoms with E-state index in [1.165, 1.54) is 51.6 Å². The lowest BCUT2D eigenvalue weighted by Gasteiger charge is -2.02. The lowest BCUT2D eigenvalue weighted by molar-refractivity contribution is 1.09. The normalized spacial score (nSPS) is 9.08. The molecule has 0 saturated heterocycles. The van der Waals surface area contributed by atoms with Crippen molar-refractivity contribution in [2.75, 3.05) is 0 Å². The maximum absolute atomic E-state index is 2.18. The maximum atomic E-state index is 2.18. The Morgan fingerprint density at radius 1 is 0.256 bits per heavy atom. The number of hydrogen-bond donors (Lipinski definition) is 0. The Hall–Kier alpha value is -3.90. The summed E-state index contributed by atoms with van der Waals surface area (Å²) in [6.07, 6.45) is 3.75. The van der Waals surface area contributed by atoms with Crippen LogP contribution < -0.4 is 0 Å². The molecule has 0 fully saturated rings. The molecular weight excluding hydrogens is 468 g/mol. The Labute approximate surface area is 238 Å². The van der Waals surface area contributed by atoms with Gasteiger partial charge in [-0.2, -0.15) is 0 Å². The summed E-state index contributed by atoms with van der Waals surface area (Å²) in [4.78, 5) is 0. The van der Waals surface area contributed by atoms with E-state index in [0.29, 0.717) is 0 Å². The third-order valence-electron chi connectivity index (χ3n) is 4.98. The largest absolute Gasteiger partial charge is 0.0656 e. The molecule has 0 aliphatic carbocycles. The second-order valence-corrected chi connectivity index (χ2v) is 9.13. The monoisotopic (exact) mass is 516 g/mol. The van der Waals surface area contributed by atoms with Gasteiger partial charge in [0.2, 0.25) is 0 Å². The van der Waals surface area contributed by atoms with E-state index in [2.05, 4.69) is 151 Å². The molecule has 0 aromatic heterocycles. The summed E-state index contributed by atoms with van der Waals surface area (Å²) in [7, 11) is 0. The van der Waals surface area contributed by atoms with E-state index in [9.17, 15) is 0 Å². The topological polar surface area (TPSA) is 0 Å². The highest BCUT2D eigenvalue weighted by atomic mass is 14.0. The van der Waals surface area contributed by atoms with Gasteiger partial charge in [-0.15, -0.1) is 0 Å². The highest BCUT2D eigenvalue weighted by molar-refractivity contribution is 6.07. The molecule has 0 bridgehead atoms. The van der Waals surface area contributed by atoms with Crippen molar-refractivity contribution in [3.63, 3.8) is 0 Å². The molecule has 0 nitrogen and oxygen atoms in total. The quantitative estimate of drug-likeness (QED) is 0.176. The van der Waals surface area contributed by atoms with Crippen molar-refractivity contribution in [3.05, 3.63) is 146 Å². The summed E-state index contributed by atoms with van der Waals surface area (Å²) in [5.41, 5.74) is 0. The van der Waals surface area contributed by atoms with Crippen LogP contribution in [0.5, 0.6) is 0 Å². The maximum Gasteiger partial charge on any atom is -0.0105 e. The molecule has 0 spiro atoms. The molecule has 6 rings (SSSR count). The Balaban J connectivity index is 0.000000267. The number of benzene rings is 6. The molecule has 0 saturated carbocycles. The molecule has 0 N–H and O–H groups in total. The van der Waals surface area contributed by atoms with Gasteiger partial charge >= 0.3 is 0 Å². The Morgan fingerprint density at radius 2 is 0.462 bits per heavy atom. The van der Waals surface area contributed by atoms with E-state index >= 15 is 0 Å². The predicted octanol–water partition coefficient (Wildman–Crippen LogP) is 12.8. The molecule has 6 aromatic rings. The van der Waals surface area contributed by atoms with Gasteiger partial charge in [-0.1, -0.05) is 206 Å². The SMILES string of the molecule is CCC.CCC.CCC.c1ccc2c(c1)ccc1ccccc12.c1ccc2ccccc2c1.c1ccccc1. The Bertz CT molecular complexity index is 1230. The smallest absolute Gasteiger partial charge is 0.0105 e. The average molecular weight is 517 g/mol. The van der Waals surface area contributed by atoms with Crippen LogP contribution in [0.1, 0.15) is 60.8 Å². The summed E-state index contributed by atoms with van der Waals surface area (Å²) in [6, 6.07) is 50.1. The van der Waals surface area contributed by atoms with Gasteiger partial charge in [0.15, 0.2) is 0 Å². The molecule has 204 valence electrons. The zero-order valence-electron chi connectivity index (χ0n) is 25.0. The Morgan fingerprint density at radius 3 is 0.718 bits per heavy atom. The number of rotatable bonds is 0. The molecule has 0 heterocycles. The van der Waals surface area contributed by atoms with E-state index in [1.54, 1.807) is 0 Å². The highest BCUT2D eigenvalue weighted by Gasteiger charge is 1.97. The lowest BCUT2D eigenvalue weighted by atomic mass is 10.0. The van der Waals surface area contributed by atoms with Crippen LogP contribution >= 0.6 is 0 Å². The summed E-state index contributed by atoms with van der Waals surface area (Å²) in [5.74, 6) is 0. The fourth-order valence-corrected chi connectivity index (χ4v) is 3.47. The molecule has 0 unspecified atom stereocenters. The highest BCUT2D eigenvalue weighted by Crippen LogP contribution is 2.24. The first-order chi connectivity index (χ1) is 19.2. The molecule has 0 radical (unpaired) electrons. The van der Waals surface area contributed by atoms with Crippen LogP contribution in [0.2, 0.25) is 0 Å². The van der Waals surface area contributed by atoms with Gasteiger partial charge in [0, 0.05) is 0 Å². The van der Waals surface area contributed by atoms with Crippen LogP contribution in [0.15, 0.2) is 146 Å². The van der Waals surface area contributed by atoms with Gasteiger partial charge in [0.05, 0.1) is 0 Å².